The lowest BCUT2D eigenvalue weighted by Crippen LogP contribution is -2.20. The van der Waals surface area contributed by atoms with Gasteiger partial charge in [0.15, 0.2) is 11.5 Å². The molecule has 2 aromatic heterocycles. The molecule has 4 rings (SSSR count). The van der Waals surface area contributed by atoms with E-state index < -0.39 is 0 Å². The second kappa shape index (κ2) is 10.1. The number of nitrogens with one attached hydrogen (secondary N) is 1. The van der Waals surface area contributed by atoms with Crippen molar-refractivity contribution < 1.29 is 18.8 Å². The Morgan fingerprint density at radius 3 is 2.59 bits per heavy atom. The number of amides is 1. The summed E-state index contributed by atoms with van der Waals surface area (Å²) in [4.78, 5) is 17.0. The van der Waals surface area contributed by atoms with Crippen LogP contribution in [0.25, 0.3) is 22.8 Å². The molecule has 176 valence electrons. The topological polar surface area (TPSA) is 130 Å². The van der Waals surface area contributed by atoms with Gasteiger partial charge in [0.2, 0.25) is 11.7 Å². The summed E-state index contributed by atoms with van der Waals surface area (Å²) in [5.41, 5.74) is 8.08. The molecule has 0 aliphatic rings. The van der Waals surface area contributed by atoms with Gasteiger partial charge in [-0.05, 0) is 48.7 Å². The van der Waals surface area contributed by atoms with E-state index in [0.717, 1.165) is 0 Å². The Balaban J connectivity index is 1.59. The highest BCUT2D eigenvalue weighted by Gasteiger charge is 2.24. The van der Waals surface area contributed by atoms with Crippen LogP contribution < -0.4 is 20.5 Å². The molecule has 0 saturated heterocycles. The number of rotatable bonds is 8. The van der Waals surface area contributed by atoms with Gasteiger partial charge in [0.05, 0.1) is 14.2 Å². The van der Waals surface area contributed by atoms with Crippen LogP contribution in [0.15, 0.2) is 52.0 Å². The van der Waals surface area contributed by atoms with E-state index >= 15 is 0 Å². The van der Waals surface area contributed by atoms with E-state index in [9.17, 15) is 4.79 Å². The first-order valence-electron chi connectivity index (χ1n) is 9.95. The maximum Gasteiger partial charge on any atom is 0.264 e. The third kappa shape index (κ3) is 4.80. The first kappa shape index (κ1) is 23.5. The van der Waals surface area contributed by atoms with E-state index in [1.807, 2.05) is 6.26 Å². The number of methoxy groups -OCH3 is 2. The molecular weight excluding hydrogens is 480 g/mol. The quantitative estimate of drug-likeness (QED) is 0.341. The van der Waals surface area contributed by atoms with Gasteiger partial charge in [-0.15, -0.1) is 11.8 Å². The van der Waals surface area contributed by atoms with Crippen LogP contribution in [0, 0.1) is 0 Å². The van der Waals surface area contributed by atoms with E-state index in [1.54, 1.807) is 56.7 Å². The van der Waals surface area contributed by atoms with Gasteiger partial charge >= 0.3 is 0 Å². The van der Waals surface area contributed by atoms with Gasteiger partial charge in [0.25, 0.3) is 5.89 Å². The predicted octanol–water partition coefficient (Wildman–Crippen LogP) is 4.21. The number of hydrogen-bond acceptors (Lipinski definition) is 9. The van der Waals surface area contributed by atoms with Crippen molar-refractivity contribution in [1.82, 2.24) is 19.9 Å². The molecule has 0 aliphatic heterocycles. The molecule has 2 heterocycles. The van der Waals surface area contributed by atoms with E-state index in [1.165, 1.54) is 16.4 Å². The van der Waals surface area contributed by atoms with Gasteiger partial charge < -0.3 is 25.0 Å². The average Bonchev–Trinajstić information content (AvgIpc) is 3.44. The van der Waals surface area contributed by atoms with Crippen LogP contribution in [0.5, 0.6) is 11.5 Å². The fourth-order valence-corrected chi connectivity index (χ4v) is 3.91. The number of anilines is 2. The zero-order chi connectivity index (χ0) is 24.2. The van der Waals surface area contributed by atoms with Crippen LogP contribution in [0.1, 0.15) is 0 Å². The molecular formula is C22H21ClN6O4S. The number of nitrogens with zero attached hydrogens (tertiary/aromatic N) is 4. The Kier molecular flexibility index (Phi) is 6.94. The monoisotopic (exact) mass is 500 g/mol. The smallest absolute Gasteiger partial charge is 0.264 e. The lowest BCUT2D eigenvalue weighted by molar-refractivity contribution is -0.116. The van der Waals surface area contributed by atoms with Crippen molar-refractivity contribution in [2.24, 2.45) is 0 Å². The van der Waals surface area contributed by atoms with Crippen molar-refractivity contribution in [3.63, 3.8) is 0 Å². The first-order valence-corrected chi connectivity index (χ1v) is 11.6. The van der Waals surface area contributed by atoms with Crippen molar-refractivity contribution in [1.29, 1.82) is 0 Å². The number of ether oxygens (including phenoxy) is 2. The maximum absolute atomic E-state index is 12.5. The summed E-state index contributed by atoms with van der Waals surface area (Å²) in [6.07, 6.45) is 1.84. The highest BCUT2D eigenvalue weighted by atomic mass is 35.5. The normalized spacial score (nSPS) is 10.8. The zero-order valence-electron chi connectivity index (χ0n) is 18.5. The fraction of sp³-hybridized carbons (Fsp3) is 0.182. The molecule has 0 bridgehead atoms. The Morgan fingerprint density at radius 1 is 1.18 bits per heavy atom. The largest absolute Gasteiger partial charge is 0.493 e. The molecule has 0 spiro atoms. The molecule has 0 unspecified atom stereocenters. The third-order valence-electron chi connectivity index (χ3n) is 4.86. The average molecular weight is 501 g/mol. The Bertz CT molecular complexity index is 1320. The maximum atomic E-state index is 12.5. The van der Waals surface area contributed by atoms with Gasteiger partial charge in [-0.2, -0.15) is 10.1 Å². The fourth-order valence-electron chi connectivity index (χ4n) is 3.20. The highest BCUT2D eigenvalue weighted by Crippen LogP contribution is 2.36. The molecule has 4 aromatic rings. The molecule has 1 amide bonds. The van der Waals surface area contributed by atoms with Gasteiger partial charge in [0, 0.05) is 16.3 Å². The molecule has 10 nitrogen and oxygen atoms in total. The summed E-state index contributed by atoms with van der Waals surface area (Å²) in [7, 11) is 3.11. The van der Waals surface area contributed by atoms with Gasteiger partial charge in [-0.25, -0.2) is 4.68 Å². The van der Waals surface area contributed by atoms with Crippen molar-refractivity contribution >= 4 is 40.8 Å². The van der Waals surface area contributed by atoms with Crippen molar-refractivity contribution in [2.75, 3.05) is 31.5 Å². The number of aromatic nitrogens is 4. The van der Waals surface area contributed by atoms with E-state index in [4.69, 9.17) is 31.3 Å². The summed E-state index contributed by atoms with van der Waals surface area (Å²) in [6.45, 7) is -0.0985. The van der Waals surface area contributed by atoms with Crippen molar-refractivity contribution in [3.8, 4) is 34.3 Å². The zero-order valence-corrected chi connectivity index (χ0v) is 20.1. The molecule has 3 N–H and O–H groups in total. The molecule has 34 heavy (non-hydrogen) atoms. The Morgan fingerprint density at radius 2 is 1.91 bits per heavy atom. The lowest BCUT2D eigenvalue weighted by Gasteiger charge is -2.07. The van der Waals surface area contributed by atoms with Gasteiger partial charge in [-0.3, -0.25) is 4.79 Å². The molecule has 0 saturated carbocycles. The number of hydrogen-bond donors (Lipinski definition) is 2. The van der Waals surface area contributed by atoms with Crippen LogP contribution in [0.2, 0.25) is 5.02 Å². The molecule has 12 heteroatoms. The standard InChI is InChI=1S/C22H21ClN6O4S/c1-31-15-9-4-12(10-16(15)32-2)20-26-21(33-28-20)18-19(24)29(27-22(18)34-3)11-17(30)25-14-7-5-13(23)6-8-14/h4-10H,11,24H2,1-3H3,(H,25,30). The van der Waals surface area contributed by atoms with Gasteiger partial charge in [0.1, 0.15) is 23.0 Å². The van der Waals surface area contributed by atoms with Gasteiger partial charge in [-0.1, -0.05) is 16.8 Å². The minimum absolute atomic E-state index is 0.0985. The molecule has 0 atom stereocenters. The molecule has 0 aliphatic carbocycles. The number of carbonyl (C=O) groups is 1. The van der Waals surface area contributed by atoms with Crippen LogP contribution in [0.4, 0.5) is 11.5 Å². The molecule has 0 fully saturated rings. The van der Waals surface area contributed by atoms with Crippen molar-refractivity contribution in [2.45, 2.75) is 11.6 Å². The third-order valence-corrected chi connectivity index (χ3v) is 5.78. The number of benzene rings is 2. The Hall–Kier alpha value is -3.70. The highest BCUT2D eigenvalue weighted by molar-refractivity contribution is 7.98. The Labute approximate surface area is 204 Å². The molecule has 0 radical (unpaired) electrons. The van der Waals surface area contributed by atoms with Crippen LogP contribution in [-0.2, 0) is 11.3 Å². The van der Waals surface area contributed by atoms with E-state index in [0.29, 0.717) is 44.2 Å². The number of carbonyl (C=O) groups excluding carboxylic acids is 1. The summed E-state index contributed by atoms with van der Waals surface area (Å²) >= 11 is 7.24. The predicted molar refractivity (Wildman–Crippen MR) is 130 cm³/mol. The van der Waals surface area contributed by atoms with E-state index in [-0.39, 0.29) is 24.2 Å². The number of nitrogens with two attached hydrogens (primary N) is 1. The molecule has 2 aromatic carbocycles. The summed E-state index contributed by atoms with van der Waals surface area (Å²) in [5, 5.41) is 12.4. The summed E-state index contributed by atoms with van der Waals surface area (Å²) in [6, 6.07) is 12.1. The second-order valence-corrected chi connectivity index (χ2v) is 8.21. The minimum atomic E-state index is -0.299. The van der Waals surface area contributed by atoms with Crippen LogP contribution >= 0.6 is 23.4 Å². The second-order valence-electron chi connectivity index (χ2n) is 6.98. The van der Waals surface area contributed by atoms with E-state index in [2.05, 4.69) is 20.6 Å². The number of thioether (sulfide) groups is 1. The number of nitrogen functional groups attached to an aromatic ring is 1. The minimum Gasteiger partial charge on any atom is -0.493 e. The van der Waals surface area contributed by atoms with Crippen LogP contribution in [0.3, 0.4) is 0 Å². The number of halogens is 1. The SMILES string of the molecule is COc1ccc(-c2noc(-c3c(SC)nn(CC(=O)Nc4ccc(Cl)cc4)c3N)n2)cc1OC. The summed E-state index contributed by atoms with van der Waals surface area (Å²) < 4.78 is 17.5. The summed E-state index contributed by atoms with van der Waals surface area (Å²) in [5.74, 6) is 1.59. The lowest BCUT2D eigenvalue weighted by atomic mass is 10.2. The van der Waals surface area contributed by atoms with Crippen LogP contribution in [-0.4, -0.2) is 46.3 Å². The first-order chi connectivity index (χ1) is 16.4. The van der Waals surface area contributed by atoms with Crippen molar-refractivity contribution in [3.05, 3.63) is 47.5 Å².